The lowest BCUT2D eigenvalue weighted by Crippen LogP contribution is -2.68. The Balaban J connectivity index is 1.20. The lowest BCUT2D eigenvalue weighted by Gasteiger charge is -2.70. The second kappa shape index (κ2) is 15.0. The number of carbonyl (C=O) groups excluding carboxylic acids is 1. The molecule has 20 atom stereocenters. The van der Waals surface area contributed by atoms with Gasteiger partial charge >= 0.3 is 11.9 Å². The van der Waals surface area contributed by atoms with Crippen LogP contribution in [0.15, 0.2) is 11.6 Å². The van der Waals surface area contributed by atoms with Gasteiger partial charge in [0.2, 0.25) is 6.29 Å². The number of aliphatic carboxylic acids is 1. The first-order valence-electron chi connectivity index (χ1n) is 21.1. The Labute approximate surface area is 334 Å². The van der Waals surface area contributed by atoms with E-state index in [2.05, 4.69) is 47.6 Å². The highest BCUT2D eigenvalue weighted by Gasteiger charge is 2.74. The Kier molecular flexibility index (Phi) is 11.4. The molecule has 5 aliphatic carbocycles. The first kappa shape index (κ1) is 43.3. The zero-order chi connectivity index (χ0) is 41.8. The number of ether oxygens (including phenoxy) is 4. The van der Waals surface area contributed by atoms with Crippen LogP contribution in [0.1, 0.15) is 99.3 Å². The summed E-state index contributed by atoms with van der Waals surface area (Å²) in [5, 5.41) is 94.3. The maximum absolute atomic E-state index is 14.6. The molecule has 0 aromatic heterocycles. The highest BCUT2D eigenvalue weighted by atomic mass is 16.7. The van der Waals surface area contributed by atoms with Crippen molar-refractivity contribution in [1.29, 1.82) is 0 Å². The Hall–Kier alpha value is -1.76. The topological polar surface area (TPSA) is 253 Å². The van der Waals surface area contributed by atoms with Crippen LogP contribution >= 0.6 is 0 Å². The van der Waals surface area contributed by atoms with Crippen molar-refractivity contribution in [3.05, 3.63) is 11.6 Å². The molecule has 2 aliphatic heterocycles. The van der Waals surface area contributed by atoms with Gasteiger partial charge in [-0.1, -0.05) is 53.2 Å². The summed E-state index contributed by atoms with van der Waals surface area (Å²) in [4.78, 5) is 28.8. The minimum Gasteiger partial charge on any atom is -0.481 e. The van der Waals surface area contributed by atoms with Gasteiger partial charge in [0.1, 0.15) is 48.8 Å². The van der Waals surface area contributed by atoms with Crippen LogP contribution in [-0.4, -0.2) is 139 Å². The first-order valence-corrected chi connectivity index (χ1v) is 21.1. The van der Waals surface area contributed by atoms with Gasteiger partial charge in [-0.2, -0.15) is 0 Å². The third kappa shape index (κ3) is 6.14. The largest absolute Gasteiger partial charge is 0.481 e. The molecule has 6 fully saturated rings. The van der Waals surface area contributed by atoms with Crippen LogP contribution in [0, 0.1) is 56.7 Å². The van der Waals surface area contributed by atoms with Gasteiger partial charge in [-0.3, -0.25) is 9.59 Å². The van der Waals surface area contributed by atoms with E-state index in [1.165, 1.54) is 0 Å². The van der Waals surface area contributed by atoms with Crippen molar-refractivity contribution in [3.63, 3.8) is 0 Å². The van der Waals surface area contributed by atoms with Gasteiger partial charge in [0.15, 0.2) is 6.29 Å². The number of hydrogen-bond donors (Lipinski definition) is 9. The van der Waals surface area contributed by atoms with Crippen LogP contribution in [0.3, 0.4) is 0 Å². The highest BCUT2D eigenvalue weighted by Crippen LogP contribution is 2.76. The van der Waals surface area contributed by atoms with Gasteiger partial charge in [0.25, 0.3) is 0 Å². The summed E-state index contributed by atoms with van der Waals surface area (Å²) >= 11 is 0. The van der Waals surface area contributed by atoms with E-state index >= 15 is 0 Å². The molecule has 2 unspecified atom stereocenters. The minimum atomic E-state index is -1.75. The van der Waals surface area contributed by atoms with Crippen LogP contribution in [0.25, 0.3) is 0 Å². The van der Waals surface area contributed by atoms with Crippen molar-refractivity contribution in [2.24, 2.45) is 56.7 Å². The average Bonchev–Trinajstić information content (AvgIpc) is 3.16. The summed E-state index contributed by atoms with van der Waals surface area (Å²) in [5.74, 6) is -1.90. The molecule has 0 radical (unpaired) electrons. The van der Waals surface area contributed by atoms with Crippen molar-refractivity contribution in [2.45, 2.75) is 167 Å². The van der Waals surface area contributed by atoms with Gasteiger partial charge in [-0.05, 0) is 104 Å². The van der Waals surface area contributed by atoms with E-state index in [1.54, 1.807) is 0 Å². The number of carboxylic acids is 1. The predicted octanol–water partition coefficient (Wildman–Crippen LogP) is 1.24. The Morgan fingerprint density at radius 2 is 1.33 bits per heavy atom. The van der Waals surface area contributed by atoms with Crippen molar-refractivity contribution >= 4 is 11.9 Å². The molecule has 0 spiro atoms. The summed E-state index contributed by atoms with van der Waals surface area (Å²) in [6.07, 6.45) is -8.38. The molecule has 15 nitrogen and oxygen atoms in total. The lowest BCUT2D eigenvalue weighted by atomic mass is 9.33. The van der Waals surface area contributed by atoms with E-state index in [9.17, 15) is 55.5 Å². The molecule has 2 saturated heterocycles. The molecule has 4 saturated carbocycles. The molecule has 2 heterocycles. The smallest absolute Gasteiger partial charge is 0.315 e. The number of allylic oxidation sites excluding steroid dienone is 1. The maximum Gasteiger partial charge on any atom is 0.315 e. The Morgan fingerprint density at radius 3 is 1.93 bits per heavy atom. The number of carboxylic acid groups (broad SMARTS) is 1. The van der Waals surface area contributed by atoms with Crippen molar-refractivity contribution in [2.75, 3.05) is 13.2 Å². The lowest BCUT2D eigenvalue weighted by molar-refractivity contribution is -0.330. The van der Waals surface area contributed by atoms with E-state index in [0.717, 1.165) is 5.57 Å². The zero-order valence-corrected chi connectivity index (χ0v) is 34.1. The summed E-state index contributed by atoms with van der Waals surface area (Å²) in [6, 6.07) is 0. The summed E-state index contributed by atoms with van der Waals surface area (Å²) in [7, 11) is 0. The van der Waals surface area contributed by atoms with Crippen molar-refractivity contribution in [3.8, 4) is 0 Å². The monoisotopic (exact) mass is 810 g/mol. The van der Waals surface area contributed by atoms with Crippen LogP contribution in [0.5, 0.6) is 0 Å². The second-order valence-corrected chi connectivity index (χ2v) is 20.0. The number of aliphatic hydroxyl groups is 8. The molecule has 0 amide bonds. The molecule has 7 aliphatic rings. The predicted molar refractivity (Wildman–Crippen MR) is 199 cm³/mol. The van der Waals surface area contributed by atoms with Gasteiger partial charge in [0, 0.05) is 0 Å². The molecular weight excluding hydrogens is 744 g/mol. The summed E-state index contributed by atoms with van der Waals surface area (Å²) < 4.78 is 23.7. The van der Waals surface area contributed by atoms with E-state index < -0.39 is 120 Å². The fourth-order valence-electron chi connectivity index (χ4n) is 13.9. The molecular formula is C42H66O15. The van der Waals surface area contributed by atoms with Gasteiger partial charge in [-0.15, -0.1) is 0 Å². The molecule has 0 bridgehead atoms. The summed E-state index contributed by atoms with van der Waals surface area (Å²) in [6.45, 7) is 11.7. The second-order valence-electron chi connectivity index (χ2n) is 20.0. The first-order chi connectivity index (χ1) is 26.7. The third-order valence-electron chi connectivity index (χ3n) is 17.4. The fourth-order valence-corrected chi connectivity index (χ4v) is 13.9. The van der Waals surface area contributed by atoms with Gasteiger partial charge in [-0.25, -0.2) is 0 Å². The SMILES string of the molecule is C[C@@H]1[C@@H](C)CC[C@@]2(C(=O)O[C@H]3O[C@@H](CO)[C@H](O)[C@@H](O)[C@@H]3O)CC[C@@]3(C(=O)O)C(=CCC4[C@]5(C)CC[C@@H](O[C@H]6O[C@@H](CO)[C@H](O)[C@@H](O)[C@@H]6O)C(C)(C)C5CC[C@@]43C)[C@@H]12. The molecule has 7 rings (SSSR count). The standard InChI is InChI=1S/C42H66O15/c1-19-9-14-41(37(53)57-35-33(50)31(48)29(46)23(18-44)55-35)15-16-42(36(51)52)21(27(41)20(19)2)7-8-25-39(5)12-11-26(38(3,4)24(39)10-13-40(25,42)6)56-34-32(49)30(47)28(45)22(17-43)54-34/h7,19-20,22-35,43-50H,8-18H2,1-6H3,(H,51,52)/t19-,20+,22-,23-,24?,25?,26+,27+,28-,29-,30+,31+,32-,33-,34+,35+,39+,40-,41+,42-/m0/s1. The molecule has 57 heavy (non-hydrogen) atoms. The normalized spacial score (nSPS) is 53.3. The molecule has 324 valence electrons. The fraction of sp³-hybridized carbons (Fsp3) is 0.905. The number of hydrogen-bond acceptors (Lipinski definition) is 14. The van der Waals surface area contributed by atoms with Crippen LogP contribution < -0.4 is 0 Å². The Morgan fingerprint density at radius 1 is 0.737 bits per heavy atom. The number of aliphatic hydroxyl groups excluding tert-OH is 8. The quantitative estimate of drug-likeness (QED) is 0.0997. The molecule has 9 N–H and O–H groups in total. The van der Waals surface area contributed by atoms with Crippen molar-refractivity contribution < 1.29 is 74.5 Å². The minimum absolute atomic E-state index is 0.0408. The van der Waals surface area contributed by atoms with Crippen molar-refractivity contribution in [1.82, 2.24) is 0 Å². The zero-order valence-electron chi connectivity index (χ0n) is 34.1. The van der Waals surface area contributed by atoms with E-state index in [-0.39, 0.29) is 41.9 Å². The number of carbonyl (C=O) groups is 2. The molecule has 15 heteroatoms. The number of rotatable bonds is 7. The number of fused-ring (bicyclic) bond motifs is 7. The maximum atomic E-state index is 14.6. The number of esters is 1. The van der Waals surface area contributed by atoms with Gasteiger partial charge < -0.3 is 64.9 Å². The molecule has 0 aromatic carbocycles. The van der Waals surface area contributed by atoms with Gasteiger partial charge in [0.05, 0.1) is 30.1 Å². The van der Waals surface area contributed by atoms with Crippen LogP contribution in [0.4, 0.5) is 0 Å². The van der Waals surface area contributed by atoms with E-state index in [4.69, 9.17) is 18.9 Å². The Bertz CT molecular complexity index is 1570. The van der Waals surface area contributed by atoms with Crippen LogP contribution in [-0.2, 0) is 28.5 Å². The highest BCUT2D eigenvalue weighted by molar-refractivity contribution is 5.85. The average molecular weight is 811 g/mol. The summed E-state index contributed by atoms with van der Waals surface area (Å²) in [5.41, 5.74) is -3.12. The van der Waals surface area contributed by atoms with E-state index in [0.29, 0.717) is 44.9 Å². The molecule has 0 aromatic rings. The third-order valence-corrected chi connectivity index (χ3v) is 17.4. The van der Waals surface area contributed by atoms with E-state index in [1.807, 2.05) is 0 Å². The van der Waals surface area contributed by atoms with Crippen LogP contribution in [0.2, 0.25) is 0 Å².